The Labute approximate surface area is 160 Å². The Balaban J connectivity index is 1.54. The molecule has 28 heavy (non-hydrogen) atoms. The maximum Gasteiger partial charge on any atom is 0.276 e. The molecule has 6 heteroatoms. The smallest absolute Gasteiger partial charge is 0.276 e. The molecule has 0 saturated carbocycles. The van der Waals surface area contributed by atoms with Crippen molar-refractivity contribution in [1.29, 1.82) is 0 Å². The van der Waals surface area contributed by atoms with Crippen molar-refractivity contribution in [3.8, 4) is 11.1 Å². The van der Waals surface area contributed by atoms with Crippen LogP contribution in [0.2, 0.25) is 0 Å². The number of carbonyl (C=O) groups is 1. The number of anilines is 1. The van der Waals surface area contributed by atoms with E-state index in [1.54, 1.807) is 18.6 Å². The van der Waals surface area contributed by atoms with Gasteiger partial charge in [0.2, 0.25) is 0 Å². The van der Waals surface area contributed by atoms with E-state index in [0.29, 0.717) is 11.4 Å². The average molecular weight is 365 g/mol. The molecule has 0 radical (unpaired) electrons. The topological polar surface area (TPSA) is 83.6 Å². The number of fused-ring (bicyclic) bond motifs is 2. The Morgan fingerprint density at radius 1 is 0.929 bits per heavy atom. The van der Waals surface area contributed by atoms with Crippen LogP contribution in [0, 0.1) is 0 Å². The summed E-state index contributed by atoms with van der Waals surface area (Å²) in [6, 6.07) is 19.2. The molecule has 1 amide bonds. The van der Waals surface area contributed by atoms with Crippen molar-refractivity contribution in [1.82, 2.24) is 20.2 Å². The third kappa shape index (κ3) is 2.77. The third-order valence-electron chi connectivity index (χ3n) is 4.65. The number of para-hydroxylation sites is 1. The summed E-state index contributed by atoms with van der Waals surface area (Å²) in [5.41, 5.74) is 4.50. The van der Waals surface area contributed by atoms with Gasteiger partial charge in [-0.1, -0.05) is 30.3 Å². The summed E-state index contributed by atoms with van der Waals surface area (Å²) in [6.07, 6.45) is 5.24. The third-order valence-corrected chi connectivity index (χ3v) is 4.65. The second-order valence-electron chi connectivity index (χ2n) is 6.41. The van der Waals surface area contributed by atoms with Gasteiger partial charge in [0, 0.05) is 34.9 Å². The summed E-state index contributed by atoms with van der Waals surface area (Å²) in [6.45, 7) is 0. The number of pyridine rings is 2. The molecule has 6 nitrogen and oxygen atoms in total. The fourth-order valence-electron chi connectivity index (χ4n) is 3.29. The first-order chi connectivity index (χ1) is 13.8. The lowest BCUT2D eigenvalue weighted by atomic mass is 10.0. The zero-order valence-corrected chi connectivity index (χ0v) is 14.8. The van der Waals surface area contributed by atoms with E-state index in [4.69, 9.17) is 0 Å². The largest absolute Gasteiger partial charge is 0.319 e. The monoisotopic (exact) mass is 365 g/mol. The second kappa shape index (κ2) is 6.59. The number of aromatic nitrogens is 4. The molecule has 0 aliphatic heterocycles. The van der Waals surface area contributed by atoms with Crippen LogP contribution in [0.5, 0.6) is 0 Å². The quantitative estimate of drug-likeness (QED) is 0.495. The highest BCUT2D eigenvalue weighted by atomic mass is 16.1. The van der Waals surface area contributed by atoms with E-state index >= 15 is 0 Å². The molecule has 0 aliphatic carbocycles. The van der Waals surface area contributed by atoms with Crippen molar-refractivity contribution in [3.63, 3.8) is 0 Å². The number of aromatic amines is 1. The molecule has 0 unspecified atom stereocenters. The van der Waals surface area contributed by atoms with Gasteiger partial charge < -0.3 is 5.32 Å². The minimum Gasteiger partial charge on any atom is -0.319 e. The molecule has 5 rings (SSSR count). The first-order valence-corrected chi connectivity index (χ1v) is 8.83. The Hall–Kier alpha value is -4.06. The van der Waals surface area contributed by atoms with Crippen molar-refractivity contribution >= 4 is 33.4 Å². The van der Waals surface area contributed by atoms with Crippen LogP contribution in [0.15, 0.2) is 79.3 Å². The van der Waals surface area contributed by atoms with Crippen LogP contribution in [-0.4, -0.2) is 26.1 Å². The maximum atomic E-state index is 12.9. The van der Waals surface area contributed by atoms with E-state index in [0.717, 1.165) is 32.9 Å². The lowest BCUT2D eigenvalue weighted by molar-refractivity contribution is 0.102. The molecule has 0 aliphatic rings. The molecule has 2 N–H and O–H groups in total. The molecule has 0 spiro atoms. The summed E-state index contributed by atoms with van der Waals surface area (Å²) >= 11 is 0. The van der Waals surface area contributed by atoms with Gasteiger partial charge in [0.25, 0.3) is 5.91 Å². The molecule has 5 aromatic rings. The van der Waals surface area contributed by atoms with Gasteiger partial charge in [-0.05, 0) is 35.9 Å². The second-order valence-corrected chi connectivity index (χ2v) is 6.41. The molecule has 0 fully saturated rings. The summed E-state index contributed by atoms with van der Waals surface area (Å²) in [4.78, 5) is 21.5. The zero-order valence-electron chi connectivity index (χ0n) is 14.8. The van der Waals surface area contributed by atoms with Gasteiger partial charge >= 0.3 is 0 Å². The van der Waals surface area contributed by atoms with Gasteiger partial charge in [-0.25, -0.2) is 0 Å². The molecular formula is C22H15N5O. The van der Waals surface area contributed by atoms with E-state index in [-0.39, 0.29) is 5.91 Å². The lowest BCUT2D eigenvalue weighted by Gasteiger charge is -2.07. The summed E-state index contributed by atoms with van der Waals surface area (Å²) in [5, 5.41) is 11.8. The van der Waals surface area contributed by atoms with Gasteiger partial charge in [-0.3, -0.25) is 19.9 Å². The van der Waals surface area contributed by atoms with Crippen molar-refractivity contribution in [2.75, 3.05) is 5.32 Å². The highest BCUT2D eigenvalue weighted by molar-refractivity contribution is 6.13. The van der Waals surface area contributed by atoms with Crippen LogP contribution in [0.3, 0.4) is 0 Å². The van der Waals surface area contributed by atoms with Crippen LogP contribution in [0.1, 0.15) is 10.5 Å². The van der Waals surface area contributed by atoms with Crippen LogP contribution in [0.4, 0.5) is 5.69 Å². The zero-order chi connectivity index (χ0) is 18.9. The first-order valence-electron chi connectivity index (χ1n) is 8.83. The SMILES string of the molecule is O=C(Nc1cccc2cccnc12)c1n[nH]c2ccc(-c3cccnc3)cc12. The van der Waals surface area contributed by atoms with Crippen molar-refractivity contribution in [3.05, 3.63) is 84.9 Å². The van der Waals surface area contributed by atoms with E-state index in [1.807, 2.05) is 60.7 Å². The summed E-state index contributed by atoms with van der Waals surface area (Å²) in [7, 11) is 0. The molecule has 0 saturated heterocycles. The number of nitrogens with one attached hydrogen (secondary N) is 2. The standard InChI is InChI=1S/C22H15N5O/c28-22(25-19-7-1-4-14-5-3-11-24-20(14)19)21-17-12-15(8-9-18(17)26-27-21)16-6-2-10-23-13-16/h1-13H,(H,25,28)(H,26,27). The van der Waals surface area contributed by atoms with E-state index in [1.165, 1.54) is 0 Å². The Bertz CT molecular complexity index is 1310. The molecule has 0 atom stereocenters. The first kappa shape index (κ1) is 16.1. The maximum absolute atomic E-state index is 12.9. The minimum atomic E-state index is -0.285. The molecule has 134 valence electrons. The number of carbonyl (C=O) groups excluding carboxylic acids is 1. The Morgan fingerprint density at radius 3 is 2.71 bits per heavy atom. The highest BCUT2D eigenvalue weighted by Crippen LogP contribution is 2.26. The fourth-order valence-corrected chi connectivity index (χ4v) is 3.29. The van der Waals surface area contributed by atoms with E-state index in [2.05, 4.69) is 25.5 Å². The molecule has 2 aromatic carbocycles. The number of hydrogen-bond acceptors (Lipinski definition) is 4. The molecule has 3 heterocycles. The Kier molecular flexibility index (Phi) is 3.80. The minimum absolute atomic E-state index is 0.285. The number of rotatable bonds is 3. The van der Waals surface area contributed by atoms with E-state index in [9.17, 15) is 4.79 Å². The van der Waals surface area contributed by atoms with E-state index < -0.39 is 0 Å². The van der Waals surface area contributed by atoms with Gasteiger partial charge in [0.05, 0.1) is 16.7 Å². The van der Waals surface area contributed by atoms with Gasteiger partial charge in [0.1, 0.15) is 0 Å². The van der Waals surface area contributed by atoms with Gasteiger partial charge in [-0.15, -0.1) is 0 Å². The van der Waals surface area contributed by atoms with Crippen LogP contribution < -0.4 is 5.32 Å². The van der Waals surface area contributed by atoms with Crippen molar-refractivity contribution in [2.45, 2.75) is 0 Å². The Morgan fingerprint density at radius 2 is 1.82 bits per heavy atom. The fraction of sp³-hybridized carbons (Fsp3) is 0. The van der Waals surface area contributed by atoms with Gasteiger partial charge in [-0.2, -0.15) is 5.10 Å². The number of nitrogens with zero attached hydrogens (tertiary/aromatic N) is 3. The number of H-pyrrole nitrogens is 1. The molecule has 0 bridgehead atoms. The predicted molar refractivity (Wildman–Crippen MR) is 109 cm³/mol. The number of amides is 1. The predicted octanol–water partition coefficient (Wildman–Crippen LogP) is 4.43. The van der Waals surface area contributed by atoms with Crippen molar-refractivity contribution < 1.29 is 4.79 Å². The number of benzene rings is 2. The summed E-state index contributed by atoms with van der Waals surface area (Å²) < 4.78 is 0. The number of hydrogen-bond donors (Lipinski definition) is 2. The van der Waals surface area contributed by atoms with Gasteiger partial charge in [0.15, 0.2) is 5.69 Å². The lowest BCUT2D eigenvalue weighted by Crippen LogP contribution is -2.13. The average Bonchev–Trinajstić information content (AvgIpc) is 3.18. The van der Waals surface area contributed by atoms with Crippen LogP contribution in [0.25, 0.3) is 32.9 Å². The molecule has 3 aromatic heterocycles. The normalized spacial score (nSPS) is 11.0. The summed E-state index contributed by atoms with van der Waals surface area (Å²) in [5.74, 6) is -0.285. The van der Waals surface area contributed by atoms with Crippen molar-refractivity contribution in [2.24, 2.45) is 0 Å². The van der Waals surface area contributed by atoms with Crippen LogP contribution in [-0.2, 0) is 0 Å². The highest BCUT2D eigenvalue weighted by Gasteiger charge is 2.16. The van der Waals surface area contributed by atoms with Crippen LogP contribution >= 0.6 is 0 Å². The molecular weight excluding hydrogens is 350 g/mol.